The van der Waals surface area contributed by atoms with E-state index in [1.807, 2.05) is 13.8 Å². The number of nitrogens with one attached hydrogen (secondary N) is 1. The van der Waals surface area contributed by atoms with Crippen LogP contribution in [0.2, 0.25) is 0 Å². The minimum absolute atomic E-state index is 0.0479. The molecule has 0 saturated carbocycles. The lowest BCUT2D eigenvalue weighted by atomic mass is 10.0. The zero-order chi connectivity index (χ0) is 14.6. The summed E-state index contributed by atoms with van der Waals surface area (Å²) in [5.41, 5.74) is 0.956. The van der Waals surface area contributed by atoms with E-state index >= 15 is 0 Å². The molecule has 19 heavy (non-hydrogen) atoms. The maximum atomic E-state index is 11.9. The third-order valence-electron chi connectivity index (χ3n) is 2.52. The molecule has 0 atom stereocenters. The predicted molar refractivity (Wildman–Crippen MR) is 64.3 cm³/mol. The maximum absolute atomic E-state index is 11.9. The van der Waals surface area contributed by atoms with E-state index in [1.54, 1.807) is 6.92 Å². The quantitative estimate of drug-likeness (QED) is 0.841. The number of alkyl halides is 3. The molecule has 0 fully saturated rings. The minimum atomic E-state index is -4.34. The van der Waals surface area contributed by atoms with Crippen molar-refractivity contribution in [2.24, 2.45) is 0 Å². The summed E-state index contributed by atoms with van der Waals surface area (Å²) >= 11 is 0. The number of H-pyrrole nitrogens is 1. The average Bonchev–Trinajstić information content (AvgIpc) is 2.21. The van der Waals surface area contributed by atoms with Crippen LogP contribution in [0.5, 0.6) is 0 Å². The Labute approximate surface area is 109 Å². The number of hydrogen-bond acceptors (Lipinski definition) is 3. The Kier molecular flexibility index (Phi) is 5.11. The normalized spacial score (nSPS) is 12.2. The highest BCUT2D eigenvalue weighted by molar-refractivity contribution is 5.20. The summed E-state index contributed by atoms with van der Waals surface area (Å²) in [4.78, 5) is 18.5. The first kappa shape index (κ1) is 15.7. The fourth-order valence-corrected chi connectivity index (χ4v) is 1.81. The summed E-state index contributed by atoms with van der Waals surface area (Å²) in [6.45, 7) is 4.05. The number of aryl methyl sites for hydroxylation is 1. The molecule has 108 valence electrons. The van der Waals surface area contributed by atoms with Crippen molar-refractivity contribution in [1.82, 2.24) is 9.97 Å². The van der Waals surface area contributed by atoms with Gasteiger partial charge in [-0.3, -0.25) is 4.79 Å². The Morgan fingerprint density at radius 2 is 2.00 bits per heavy atom. The van der Waals surface area contributed by atoms with Gasteiger partial charge in [-0.1, -0.05) is 13.8 Å². The molecule has 0 saturated heterocycles. The van der Waals surface area contributed by atoms with Crippen LogP contribution in [0.15, 0.2) is 4.79 Å². The zero-order valence-electron chi connectivity index (χ0n) is 11.1. The fourth-order valence-electron chi connectivity index (χ4n) is 1.81. The molecule has 1 aromatic rings. The Morgan fingerprint density at radius 3 is 2.47 bits per heavy atom. The van der Waals surface area contributed by atoms with Crippen LogP contribution in [-0.4, -0.2) is 29.4 Å². The second-order valence-corrected chi connectivity index (χ2v) is 4.58. The van der Waals surface area contributed by atoms with Crippen molar-refractivity contribution in [3.05, 3.63) is 27.4 Å². The van der Waals surface area contributed by atoms with Gasteiger partial charge < -0.3 is 9.72 Å². The predicted octanol–water partition coefficient (Wildman–Crippen LogP) is 2.32. The summed E-state index contributed by atoms with van der Waals surface area (Å²) in [5, 5.41) is 0. The van der Waals surface area contributed by atoms with Gasteiger partial charge in [0.25, 0.3) is 5.56 Å². The van der Waals surface area contributed by atoms with Gasteiger partial charge in [-0.25, -0.2) is 4.98 Å². The minimum Gasteiger partial charge on any atom is -0.372 e. The smallest absolute Gasteiger partial charge is 0.372 e. The number of aromatic nitrogens is 2. The fraction of sp³-hybridized carbons (Fsp3) is 0.667. The number of rotatable bonds is 5. The Balaban J connectivity index is 2.64. The third kappa shape index (κ3) is 5.02. The van der Waals surface area contributed by atoms with E-state index in [4.69, 9.17) is 0 Å². The molecule has 0 radical (unpaired) electrons. The van der Waals surface area contributed by atoms with Crippen molar-refractivity contribution >= 4 is 0 Å². The van der Waals surface area contributed by atoms with Crippen LogP contribution in [0.3, 0.4) is 0 Å². The average molecular weight is 278 g/mol. The highest BCUT2D eigenvalue weighted by Gasteiger charge is 2.27. The van der Waals surface area contributed by atoms with Gasteiger partial charge in [0.2, 0.25) is 0 Å². The molecule has 0 unspecified atom stereocenters. The van der Waals surface area contributed by atoms with Gasteiger partial charge >= 0.3 is 6.18 Å². The number of aromatic amines is 1. The van der Waals surface area contributed by atoms with Gasteiger partial charge in [0.05, 0.1) is 6.61 Å². The van der Waals surface area contributed by atoms with E-state index in [-0.39, 0.29) is 24.5 Å². The first-order valence-corrected chi connectivity index (χ1v) is 5.95. The SMILES string of the molecule is Cc1nc(CCOCC(F)(F)F)[nH]c(=O)c1C(C)C. The summed E-state index contributed by atoms with van der Waals surface area (Å²) in [6.07, 6.45) is -4.19. The summed E-state index contributed by atoms with van der Waals surface area (Å²) in [5.74, 6) is 0.390. The van der Waals surface area contributed by atoms with Crippen LogP contribution >= 0.6 is 0 Å². The lowest BCUT2D eigenvalue weighted by molar-refractivity contribution is -0.173. The van der Waals surface area contributed by atoms with Gasteiger partial charge in [0, 0.05) is 17.7 Å². The van der Waals surface area contributed by atoms with Gasteiger partial charge in [-0.15, -0.1) is 0 Å². The lowest BCUT2D eigenvalue weighted by Gasteiger charge is -2.10. The second-order valence-electron chi connectivity index (χ2n) is 4.58. The largest absolute Gasteiger partial charge is 0.411 e. The summed E-state index contributed by atoms with van der Waals surface area (Å²) < 4.78 is 40.0. The Bertz CT molecular complexity index is 481. The molecule has 4 nitrogen and oxygen atoms in total. The van der Waals surface area contributed by atoms with E-state index < -0.39 is 12.8 Å². The zero-order valence-corrected chi connectivity index (χ0v) is 11.1. The van der Waals surface area contributed by atoms with Crippen LogP contribution in [-0.2, 0) is 11.2 Å². The highest BCUT2D eigenvalue weighted by atomic mass is 19.4. The lowest BCUT2D eigenvalue weighted by Crippen LogP contribution is -2.22. The van der Waals surface area contributed by atoms with E-state index in [1.165, 1.54) is 0 Å². The number of hydrogen-bond donors (Lipinski definition) is 1. The summed E-state index contributed by atoms with van der Waals surface area (Å²) in [7, 11) is 0. The standard InChI is InChI=1S/C12H17F3N2O2/c1-7(2)10-8(3)16-9(17-11(10)18)4-5-19-6-12(13,14)15/h7H,4-6H2,1-3H3,(H,16,17,18). The third-order valence-corrected chi connectivity index (χ3v) is 2.52. The molecule has 1 rings (SSSR count). The first-order chi connectivity index (χ1) is 8.70. The molecule has 0 aromatic carbocycles. The molecule has 0 bridgehead atoms. The molecular weight excluding hydrogens is 261 g/mol. The molecule has 0 aliphatic carbocycles. The van der Waals surface area contributed by atoms with Gasteiger partial charge in [-0.05, 0) is 12.8 Å². The number of ether oxygens (including phenoxy) is 1. The van der Waals surface area contributed by atoms with Crippen molar-refractivity contribution in [1.29, 1.82) is 0 Å². The molecule has 0 aliphatic heterocycles. The van der Waals surface area contributed by atoms with Crippen LogP contribution < -0.4 is 5.56 Å². The van der Waals surface area contributed by atoms with E-state index in [0.717, 1.165) is 0 Å². The molecule has 0 amide bonds. The second kappa shape index (κ2) is 6.18. The number of nitrogens with zero attached hydrogens (tertiary/aromatic N) is 1. The highest BCUT2D eigenvalue weighted by Crippen LogP contribution is 2.15. The van der Waals surface area contributed by atoms with Crippen LogP contribution in [0.1, 0.15) is 36.8 Å². The number of halogens is 3. The van der Waals surface area contributed by atoms with E-state index in [0.29, 0.717) is 17.1 Å². The first-order valence-electron chi connectivity index (χ1n) is 5.95. The molecular formula is C12H17F3N2O2. The molecule has 0 spiro atoms. The van der Waals surface area contributed by atoms with Crippen LogP contribution in [0, 0.1) is 6.92 Å². The van der Waals surface area contributed by atoms with Crippen molar-refractivity contribution in [3.63, 3.8) is 0 Å². The van der Waals surface area contributed by atoms with Crippen LogP contribution in [0.4, 0.5) is 13.2 Å². The molecule has 0 aliphatic rings. The van der Waals surface area contributed by atoms with Crippen LogP contribution in [0.25, 0.3) is 0 Å². The van der Waals surface area contributed by atoms with Gasteiger partial charge in [-0.2, -0.15) is 13.2 Å². The van der Waals surface area contributed by atoms with Crippen molar-refractivity contribution < 1.29 is 17.9 Å². The molecule has 1 aromatic heterocycles. The van der Waals surface area contributed by atoms with Crippen molar-refractivity contribution in [3.8, 4) is 0 Å². The van der Waals surface area contributed by atoms with E-state index in [2.05, 4.69) is 14.7 Å². The Morgan fingerprint density at radius 1 is 1.37 bits per heavy atom. The van der Waals surface area contributed by atoms with Crippen molar-refractivity contribution in [2.45, 2.75) is 39.3 Å². The topological polar surface area (TPSA) is 55.0 Å². The maximum Gasteiger partial charge on any atom is 0.411 e. The van der Waals surface area contributed by atoms with Gasteiger partial charge in [0.15, 0.2) is 0 Å². The molecule has 7 heteroatoms. The Hall–Kier alpha value is -1.37. The molecule has 1 heterocycles. The van der Waals surface area contributed by atoms with E-state index in [9.17, 15) is 18.0 Å². The monoisotopic (exact) mass is 278 g/mol. The summed E-state index contributed by atoms with van der Waals surface area (Å²) in [6, 6.07) is 0. The van der Waals surface area contributed by atoms with Crippen molar-refractivity contribution in [2.75, 3.05) is 13.2 Å². The van der Waals surface area contributed by atoms with Gasteiger partial charge in [0.1, 0.15) is 12.4 Å². The molecule has 1 N–H and O–H groups in total.